The summed E-state index contributed by atoms with van der Waals surface area (Å²) in [5.74, 6) is -0.644. The lowest BCUT2D eigenvalue weighted by Gasteiger charge is -2.20. The first-order chi connectivity index (χ1) is 6.22. The average Bonchev–Trinajstić information content (AvgIpc) is 1.96. The Morgan fingerprint density at radius 3 is 2.36 bits per heavy atom. The van der Waals surface area contributed by atoms with Crippen molar-refractivity contribution in [3.05, 3.63) is 11.8 Å². The van der Waals surface area contributed by atoms with Crippen molar-refractivity contribution in [2.45, 2.75) is 39.9 Å². The van der Waals surface area contributed by atoms with Crippen molar-refractivity contribution in [2.75, 3.05) is 0 Å². The second-order valence-electron chi connectivity index (χ2n) is 4.48. The van der Waals surface area contributed by atoms with Crippen LogP contribution in [0.5, 0.6) is 0 Å². The monoisotopic (exact) mass is 215 g/mol. The highest BCUT2D eigenvalue weighted by Crippen LogP contribution is 2.12. The molecular formula is C10H19O3Si-. The predicted molar refractivity (Wildman–Crippen MR) is 57.0 cm³/mol. The van der Waals surface area contributed by atoms with E-state index in [9.17, 15) is 9.90 Å². The SMILES string of the molecule is C/C(=C/CC(C)C(=O)[O-])O[Si](C)(C)C. The van der Waals surface area contributed by atoms with Gasteiger partial charge in [0.2, 0.25) is 8.32 Å². The van der Waals surface area contributed by atoms with Gasteiger partial charge in [-0.1, -0.05) is 6.92 Å². The molecule has 0 saturated carbocycles. The van der Waals surface area contributed by atoms with E-state index in [4.69, 9.17) is 4.43 Å². The maximum atomic E-state index is 10.4. The number of hydrogen-bond acceptors (Lipinski definition) is 3. The van der Waals surface area contributed by atoms with E-state index < -0.39 is 20.2 Å². The fraction of sp³-hybridized carbons (Fsp3) is 0.700. The fourth-order valence-corrected chi connectivity index (χ4v) is 2.01. The van der Waals surface area contributed by atoms with Crippen LogP contribution < -0.4 is 5.11 Å². The lowest BCUT2D eigenvalue weighted by molar-refractivity contribution is -0.310. The number of carboxylic acids is 1. The molecule has 82 valence electrons. The summed E-state index contributed by atoms with van der Waals surface area (Å²) in [4.78, 5) is 10.4. The third kappa shape index (κ3) is 6.71. The minimum Gasteiger partial charge on any atom is -0.550 e. The van der Waals surface area contributed by atoms with Crippen LogP contribution in [0.1, 0.15) is 20.3 Å². The summed E-state index contributed by atoms with van der Waals surface area (Å²) in [6, 6.07) is 0. The second kappa shape index (κ2) is 5.19. The molecule has 0 bridgehead atoms. The van der Waals surface area contributed by atoms with Crippen LogP contribution in [0.15, 0.2) is 11.8 Å². The van der Waals surface area contributed by atoms with Crippen molar-refractivity contribution in [1.82, 2.24) is 0 Å². The summed E-state index contributed by atoms with van der Waals surface area (Å²) < 4.78 is 5.65. The summed E-state index contributed by atoms with van der Waals surface area (Å²) >= 11 is 0. The molecule has 0 aliphatic carbocycles. The van der Waals surface area contributed by atoms with E-state index in [1.165, 1.54) is 0 Å². The van der Waals surface area contributed by atoms with Gasteiger partial charge in [-0.05, 0) is 45.0 Å². The van der Waals surface area contributed by atoms with Crippen molar-refractivity contribution in [3.8, 4) is 0 Å². The minimum absolute atomic E-state index is 0.449. The summed E-state index contributed by atoms with van der Waals surface area (Å²) in [7, 11) is -1.55. The van der Waals surface area contributed by atoms with Gasteiger partial charge in [-0.15, -0.1) is 0 Å². The molecule has 0 N–H and O–H groups in total. The summed E-state index contributed by atoms with van der Waals surface area (Å²) in [6.45, 7) is 9.76. The fourth-order valence-electron chi connectivity index (χ4n) is 0.964. The van der Waals surface area contributed by atoms with Crippen LogP contribution in [0.3, 0.4) is 0 Å². The van der Waals surface area contributed by atoms with Crippen LogP contribution in [0, 0.1) is 5.92 Å². The average molecular weight is 215 g/mol. The highest BCUT2D eigenvalue weighted by atomic mass is 28.4. The molecule has 0 aliphatic heterocycles. The molecule has 0 aromatic carbocycles. The Kier molecular flexibility index (Phi) is 4.91. The zero-order chi connectivity index (χ0) is 11.4. The zero-order valence-corrected chi connectivity index (χ0v) is 10.6. The number of allylic oxidation sites excluding steroid dienone is 2. The van der Waals surface area contributed by atoms with Gasteiger partial charge in [-0.3, -0.25) is 0 Å². The van der Waals surface area contributed by atoms with Crippen molar-refractivity contribution < 1.29 is 14.3 Å². The largest absolute Gasteiger partial charge is 0.550 e. The van der Waals surface area contributed by atoms with Crippen molar-refractivity contribution in [2.24, 2.45) is 5.92 Å². The van der Waals surface area contributed by atoms with Crippen molar-refractivity contribution in [3.63, 3.8) is 0 Å². The molecule has 0 aromatic heterocycles. The van der Waals surface area contributed by atoms with Gasteiger partial charge in [0.05, 0.1) is 5.76 Å². The van der Waals surface area contributed by atoms with E-state index in [2.05, 4.69) is 19.6 Å². The minimum atomic E-state index is -1.55. The summed E-state index contributed by atoms with van der Waals surface area (Å²) in [5, 5.41) is 10.4. The summed E-state index contributed by atoms with van der Waals surface area (Å²) in [5.41, 5.74) is 0. The van der Waals surface area contributed by atoms with E-state index in [0.717, 1.165) is 5.76 Å². The Bertz CT molecular complexity index is 228. The molecule has 0 saturated heterocycles. The van der Waals surface area contributed by atoms with Gasteiger partial charge in [0.25, 0.3) is 0 Å². The smallest absolute Gasteiger partial charge is 0.241 e. The number of carbonyl (C=O) groups is 1. The Morgan fingerprint density at radius 2 is 2.00 bits per heavy atom. The summed E-state index contributed by atoms with van der Waals surface area (Å²) in [6.07, 6.45) is 2.29. The van der Waals surface area contributed by atoms with E-state index in [1.807, 2.05) is 13.0 Å². The van der Waals surface area contributed by atoms with Crippen LogP contribution >= 0.6 is 0 Å². The number of hydrogen-bond donors (Lipinski definition) is 0. The van der Waals surface area contributed by atoms with Crippen LogP contribution in [-0.4, -0.2) is 14.3 Å². The molecule has 0 radical (unpaired) electrons. The highest BCUT2D eigenvalue weighted by Gasteiger charge is 2.15. The molecule has 0 heterocycles. The Morgan fingerprint density at radius 1 is 1.50 bits per heavy atom. The Hall–Kier alpha value is -0.773. The van der Waals surface area contributed by atoms with E-state index in [1.54, 1.807) is 6.92 Å². The maximum absolute atomic E-state index is 10.4. The molecular weight excluding hydrogens is 196 g/mol. The topological polar surface area (TPSA) is 49.4 Å². The first-order valence-corrected chi connectivity index (χ1v) is 8.20. The first-order valence-electron chi connectivity index (χ1n) is 4.79. The van der Waals surface area contributed by atoms with Crippen LogP contribution in [-0.2, 0) is 9.22 Å². The lowest BCUT2D eigenvalue weighted by atomic mass is 10.1. The standard InChI is InChI=1S/C10H20O3Si/c1-8(10(11)12)6-7-9(2)13-14(3,4)5/h7-8H,6H2,1-5H3,(H,11,12)/p-1/b9-7-. The number of aliphatic carboxylic acids is 1. The van der Waals surface area contributed by atoms with Gasteiger partial charge in [-0.2, -0.15) is 0 Å². The number of rotatable bonds is 5. The molecule has 0 spiro atoms. The molecule has 1 atom stereocenters. The molecule has 14 heavy (non-hydrogen) atoms. The van der Waals surface area contributed by atoms with Gasteiger partial charge < -0.3 is 14.3 Å². The molecule has 3 nitrogen and oxygen atoms in total. The molecule has 0 aromatic rings. The van der Waals surface area contributed by atoms with Gasteiger partial charge in [0.15, 0.2) is 0 Å². The molecule has 0 rings (SSSR count). The molecule has 0 amide bonds. The number of carboxylic acid groups (broad SMARTS) is 1. The van der Waals surface area contributed by atoms with E-state index >= 15 is 0 Å². The molecule has 1 unspecified atom stereocenters. The Balaban J connectivity index is 4.07. The van der Waals surface area contributed by atoms with Gasteiger partial charge in [-0.25, -0.2) is 0 Å². The van der Waals surface area contributed by atoms with Crippen LogP contribution in [0.4, 0.5) is 0 Å². The van der Waals surface area contributed by atoms with E-state index in [0.29, 0.717) is 6.42 Å². The zero-order valence-electron chi connectivity index (χ0n) is 9.59. The second-order valence-corrected chi connectivity index (χ2v) is 8.91. The first kappa shape index (κ1) is 13.2. The molecule has 4 heteroatoms. The number of carbonyl (C=O) groups excluding carboxylic acids is 1. The lowest BCUT2D eigenvalue weighted by Crippen LogP contribution is -2.29. The van der Waals surface area contributed by atoms with Crippen molar-refractivity contribution >= 4 is 14.3 Å². The quantitative estimate of drug-likeness (QED) is 0.516. The Labute approximate surface area is 86.9 Å². The predicted octanol–water partition coefficient (Wildman–Crippen LogP) is 1.52. The van der Waals surface area contributed by atoms with Crippen LogP contribution in [0.2, 0.25) is 19.6 Å². The molecule has 0 fully saturated rings. The van der Waals surface area contributed by atoms with Gasteiger partial charge >= 0.3 is 0 Å². The highest BCUT2D eigenvalue weighted by molar-refractivity contribution is 6.70. The van der Waals surface area contributed by atoms with Crippen molar-refractivity contribution in [1.29, 1.82) is 0 Å². The third-order valence-electron chi connectivity index (χ3n) is 1.63. The van der Waals surface area contributed by atoms with Crippen LogP contribution in [0.25, 0.3) is 0 Å². The van der Waals surface area contributed by atoms with E-state index in [-0.39, 0.29) is 0 Å². The maximum Gasteiger partial charge on any atom is 0.241 e. The molecule has 0 aliphatic rings. The van der Waals surface area contributed by atoms with Gasteiger partial charge in [0.1, 0.15) is 0 Å². The van der Waals surface area contributed by atoms with Gasteiger partial charge in [0, 0.05) is 5.97 Å². The third-order valence-corrected chi connectivity index (χ3v) is 2.56. The normalized spacial score (nSPS) is 15.1.